The standard InChI is InChI=1S/C13H25N3S/c1-10(17-5)6-8-16(4)9-7-13-11(2)14-15-12(13)3/h10H,6-9H2,1-5H3,(H,14,15). The van der Waals surface area contributed by atoms with Crippen molar-refractivity contribution >= 4 is 11.8 Å². The maximum absolute atomic E-state index is 4.23. The number of nitrogens with zero attached hydrogens (tertiary/aromatic N) is 2. The number of aromatic nitrogens is 2. The molecule has 3 nitrogen and oxygen atoms in total. The lowest BCUT2D eigenvalue weighted by atomic mass is 10.1. The van der Waals surface area contributed by atoms with Gasteiger partial charge in [-0.05, 0) is 52.1 Å². The molecule has 0 aromatic carbocycles. The smallest absolute Gasteiger partial charge is 0.0626 e. The normalized spacial score (nSPS) is 13.3. The van der Waals surface area contributed by atoms with Gasteiger partial charge in [0, 0.05) is 17.5 Å². The zero-order valence-electron chi connectivity index (χ0n) is 11.7. The van der Waals surface area contributed by atoms with Crippen molar-refractivity contribution in [3.8, 4) is 0 Å². The van der Waals surface area contributed by atoms with Gasteiger partial charge in [0.2, 0.25) is 0 Å². The number of hydrogen-bond donors (Lipinski definition) is 1. The molecule has 0 spiro atoms. The van der Waals surface area contributed by atoms with Crippen LogP contribution in [0, 0.1) is 13.8 Å². The SMILES string of the molecule is CSC(C)CCN(C)CCc1c(C)n[nH]c1C. The van der Waals surface area contributed by atoms with Crippen LogP contribution in [0.15, 0.2) is 0 Å². The fraction of sp³-hybridized carbons (Fsp3) is 0.769. The van der Waals surface area contributed by atoms with E-state index >= 15 is 0 Å². The summed E-state index contributed by atoms with van der Waals surface area (Å²) in [7, 11) is 2.21. The first-order valence-electron chi connectivity index (χ1n) is 6.26. The van der Waals surface area contributed by atoms with Crippen molar-refractivity contribution in [2.24, 2.45) is 0 Å². The second-order valence-corrected chi connectivity index (χ2v) is 6.08. The Bertz CT molecular complexity index is 316. The van der Waals surface area contributed by atoms with Crippen LogP contribution in [0.5, 0.6) is 0 Å². The average Bonchev–Trinajstić information content (AvgIpc) is 2.63. The second kappa shape index (κ2) is 7.07. The zero-order chi connectivity index (χ0) is 12.8. The number of H-pyrrole nitrogens is 1. The topological polar surface area (TPSA) is 31.9 Å². The summed E-state index contributed by atoms with van der Waals surface area (Å²) >= 11 is 1.95. The van der Waals surface area contributed by atoms with Gasteiger partial charge in [-0.2, -0.15) is 16.9 Å². The molecule has 1 N–H and O–H groups in total. The van der Waals surface area contributed by atoms with E-state index in [9.17, 15) is 0 Å². The Kier molecular flexibility index (Phi) is 6.06. The van der Waals surface area contributed by atoms with E-state index in [1.807, 2.05) is 11.8 Å². The summed E-state index contributed by atoms with van der Waals surface area (Å²) < 4.78 is 0. The van der Waals surface area contributed by atoms with Gasteiger partial charge < -0.3 is 4.90 Å². The van der Waals surface area contributed by atoms with Gasteiger partial charge in [0.25, 0.3) is 0 Å². The summed E-state index contributed by atoms with van der Waals surface area (Å²) in [6.45, 7) is 8.77. The summed E-state index contributed by atoms with van der Waals surface area (Å²) in [5.74, 6) is 0. The van der Waals surface area contributed by atoms with Crippen LogP contribution in [0.2, 0.25) is 0 Å². The first-order chi connectivity index (χ1) is 8.04. The molecule has 0 fully saturated rings. The van der Waals surface area contributed by atoms with Crippen LogP contribution in [-0.4, -0.2) is 46.7 Å². The van der Waals surface area contributed by atoms with Gasteiger partial charge in [-0.1, -0.05) is 6.92 Å². The molecule has 1 unspecified atom stereocenters. The molecule has 1 heterocycles. The maximum atomic E-state index is 4.23. The van der Waals surface area contributed by atoms with Crippen LogP contribution in [-0.2, 0) is 6.42 Å². The number of thioether (sulfide) groups is 1. The van der Waals surface area contributed by atoms with Gasteiger partial charge in [0.15, 0.2) is 0 Å². The zero-order valence-corrected chi connectivity index (χ0v) is 12.5. The van der Waals surface area contributed by atoms with E-state index in [1.54, 1.807) is 0 Å². The summed E-state index contributed by atoms with van der Waals surface area (Å²) in [5, 5.41) is 8.04. The van der Waals surface area contributed by atoms with Crippen LogP contribution in [0.1, 0.15) is 30.3 Å². The molecule has 98 valence electrons. The van der Waals surface area contributed by atoms with E-state index in [1.165, 1.54) is 24.2 Å². The first-order valence-corrected chi connectivity index (χ1v) is 7.55. The predicted molar refractivity (Wildman–Crippen MR) is 76.9 cm³/mol. The Labute approximate surface area is 109 Å². The van der Waals surface area contributed by atoms with Crippen molar-refractivity contribution in [3.05, 3.63) is 17.0 Å². The Balaban J connectivity index is 2.31. The third-order valence-corrected chi connectivity index (χ3v) is 4.38. The van der Waals surface area contributed by atoms with Crippen LogP contribution in [0.3, 0.4) is 0 Å². The quantitative estimate of drug-likeness (QED) is 0.813. The van der Waals surface area contributed by atoms with E-state index in [-0.39, 0.29) is 0 Å². The minimum atomic E-state index is 0.759. The Hall–Kier alpha value is -0.480. The average molecular weight is 255 g/mol. The molecule has 4 heteroatoms. The summed E-state index contributed by atoms with van der Waals surface area (Å²) in [5.41, 5.74) is 3.75. The number of nitrogens with one attached hydrogen (secondary N) is 1. The second-order valence-electron chi connectivity index (χ2n) is 4.80. The first kappa shape index (κ1) is 14.6. The monoisotopic (exact) mass is 255 g/mol. The molecule has 0 bridgehead atoms. The highest BCUT2D eigenvalue weighted by molar-refractivity contribution is 7.99. The van der Waals surface area contributed by atoms with Gasteiger partial charge in [0.1, 0.15) is 0 Å². The third-order valence-electron chi connectivity index (χ3n) is 3.34. The number of rotatable bonds is 7. The number of likely N-dealkylation sites (N-methyl/N-ethyl adjacent to an activating group) is 1. The fourth-order valence-electron chi connectivity index (χ4n) is 1.88. The van der Waals surface area contributed by atoms with Crippen molar-refractivity contribution in [1.82, 2.24) is 15.1 Å². The van der Waals surface area contributed by atoms with E-state index in [4.69, 9.17) is 0 Å². The third kappa shape index (κ3) is 4.72. The van der Waals surface area contributed by atoms with Crippen molar-refractivity contribution in [2.45, 2.75) is 38.9 Å². The van der Waals surface area contributed by atoms with Crippen molar-refractivity contribution in [2.75, 3.05) is 26.4 Å². The predicted octanol–water partition coefficient (Wildman–Crippen LogP) is 2.64. The molecule has 1 aromatic rings. The van der Waals surface area contributed by atoms with Gasteiger partial charge in [0.05, 0.1) is 5.69 Å². The molecule has 1 aromatic heterocycles. The van der Waals surface area contributed by atoms with E-state index in [2.05, 4.69) is 49.2 Å². The minimum absolute atomic E-state index is 0.759. The Morgan fingerprint density at radius 3 is 2.59 bits per heavy atom. The van der Waals surface area contributed by atoms with E-state index < -0.39 is 0 Å². The minimum Gasteiger partial charge on any atom is -0.306 e. The van der Waals surface area contributed by atoms with Crippen LogP contribution < -0.4 is 0 Å². The van der Waals surface area contributed by atoms with Crippen LogP contribution >= 0.6 is 11.8 Å². The molecule has 0 amide bonds. The molecular weight excluding hydrogens is 230 g/mol. The molecule has 0 aliphatic carbocycles. The number of aromatic amines is 1. The highest BCUT2D eigenvalue weighted by Gasteiger charge is 2.08. The summed E-state index contributed by atoms with van der Waals surface area (Å²) in [4.78, 5) is 2.42. The van der Waals surface area contributed by atoms with E-state index in [0.717, 1.165) is 23.9 Å². The molecule has 0 saturated heterocycles. The molecular formula is C13H25N3S. The lowest BCUT2D eigenvalue weighted by Crippen LogP contribution is -2.24. The fourth-order valence-corrected chi connectivity index (χ4v) is 2.22. The highest BCUT2D eigenvalue weighted by Crippen LogP contribution is 2.12. The molecule has 0 radical (unpaired) electrons. The molecule has 1 rings (SSSR count). The van der Waals surface area contributed by atoms with Crippen molar-refractivity contribution in [1.29, 1.82) is 0 Å². The van der Waals surface area contributed by atoms with E-state index in [0.29, 0.717) is 0 Å². The van der Waals surface area contributed by atoms with Gasteiger partial charge in [-0.3, -0.25) is 5.10 Å². The van der Waals surface area contributed by atoms with Gasteiger partial charge >= 0.3 is 0 Å². The molecule has 1 atom stereocenters. The summed E-state index contributed by atoms with van der Waals surface area (Å²) in [6, 6.07) is 0. The maximum Gasteiger partial charge on any atom is 0.0626 e. The lowest BCUT2D eigenvalue weighted by molar-refractivity contribution is 0.333. The van der Waals surface area contributed by atoms with Gasteiger partial charge in [-0.25, -0.2) is 0 Å². The van der Waals surface area contributed by atoms with Crippen molar-refractivity contribution < 1.29 is 0 Å². The molecule has 0 saturated carbocycles. The van der Waals surface area contributed by atoms with Crippen LogP contribution in [0.25, 0.3) is 0 Å². The molecule has 0 aliphatic heterocycles. The number of hydrogen-bond acceptors (Lipinski definition) is 3. The molecule has 0 aliphatic rings. The number of aryl methyl sites for hydroxylation is 2. The van der Waals surface area contributed by atoms with Crippen molar-refractivity contribution in [3.63, 3.8) is 0 Å². The molecule has 17 heavy (non-hydrogen) atoms. The largest absolute Gasteiger partial charge is 0.306 e. The van der Waals surface area contributed by atoms with Crippen LogP contribution in [0.4, 0.5) is 0 Å². The summed E-state index contributed by atoms with van der Waals surface area (Å²) in [6.07, 6.45) is 4.54. The highest BCUT2D eigenvalue weighted by atomic mass is 32.2. The Morgan fingerprint density at radius 1 is 1.35 bits per heavy atom. The van der Waals surface area contributed by atoms with Gasteiger partial charge in [-0.15, -0.1) is 0 Å². The Morgan fingerprint density at radius 2 is 2.06 bits per heavy atom. The lowest BCUT2D eigenvalue weighted by Gasteiger charge is -2.18.